The van der Waals surface area contributed by atoms with Crippen LogP contribution in [0.25, 0.3) is 0 Å². The van der Waals surface area contributed by atoms with E-state index in [1.807, 2.05) is 3.59 Å². The summed E-state index contributed by atoms with van der Waals surface area (Å²) in [5.74, 6) is 0. The van der Waals surface area contributed by atoms with Gasteiger partial charge in [0.05, 0.1) is 0 Å². The SMILES string of the molecule is CCCCCC/[C](=C(/C)CC)[Sn]([CH3])([CH3])[CH3]. The molecule has 0 aromatic carbocycles. The van der Waals surface area contributed by atoms with Crippen LogP contribution in [0.4, 0.5) is 0 Å². The Balaban J connectivity index is 4.29. The van der Waals surface area contributed by atoms with E-state index in [4.69, 9.17) is 0 Å². The predicted molar refractivity (Wildman–Crippen MR) is 75.1 cm³/mol. The van der Waals surface area contributed by atoms with Crippen molar-refractivity contribution in [3.05, 3.63) is 9.16 Å². The van der Waals surface area contributed by atoms with Crippen molar-refractivity contribution in [1.82, 2.24) is 0 Å². The van der Waals surface area contributed by atoms with Gasteiger partial charge in [-0.2, -0.15) is 0 Å². The molecular formula is C14H30Sn. The molecule has 0 atom stereocenters. The minimum atomic E-state index is -1.78. The van der Waals surface area contributed by atoms with Gasteiger partial charge in [-0.1, -0.05) is 0 Å². The zero-order valence-corrected chi connectivity index (χ0v) is 14.6. The van der Waals surface area contributed by atoms with Crippen LogP contribution in [0.1, 0.15) is 59.3 Å². The Morgan fingerprint density at radius 2 is 1.53 bits per heavy atom. The average Bonchev–Trinajstić information content (AvgIpc) is 2.15. The molecule has 0 bridgehead atoms. The Labute approximate surface area is 101 Å². The zero-order valence-electron chi connectivity index (χ0n) is 11.7. The maximum absolute atomic E-state index is 2.56. The first-order chi connectivity index (χ1) is 6.93. The van der Waals surface area contributed by atoms with Crippen molar-refractivity contribution >= 4 is 18.4 Å². The molecule has 0 aliphatic carbocycles. The third kappa shape index (κ3) is 6.65. The van der Waals surface area contributed by atoms with Crippen LogP contribution < -0.4 is 0 Å². The molecule has 0 unspecified atom stereocenters. The molecular weight excluding hydrogens is 287 g/mol. The Morgan fingerprint density at radius 3 is 1.93 bits per heavy atom. The molecule has 15 heavy (non-hydrogen) atoms. The molecule has 0 rings (SSSR count). The summed E-state index contributed by atoms with van der Waals surface area (Å²) in [6, 6.07) is 0. The van der Waals surface area contributed by atoms with E-state index in [1.165, 1.54) is 38.5 Å². The number of hydrogen-bond acceptors (Lipinski definition) is 0. The van der Waals surface area contributed by atoms with Gasteiger partial charge in [-0.25, -0.2) is 0 Å². The van der Waals surface area contributed by atoms with Crippen molar-refractivity contribution < 1.29 is 0 Å². The Kier molecular flexibility index (Phi) is 8.03. The van der Waals surface area contributed by atoms with E-state index in [0.717, 1.165) is 0 Å². The second-order valence-corrected chi connectivity index (χ2v) is 20.2. The number of rotatable bonds is 7. The molecule has 1 heteroatoms. The van der Waals surface area contributed by atoms with Crippen molar-refractivity contribution in [2.24, 2.45) is 0 Å². The van der Waals surface area contributed by atoms with Gasteiger partial charge in [0.1, 0.15) is 0 Å². The number of unbranched alkanes of at least 4 members (excludes halogenated alkanes) is 3. The van der Waals surface area contributed by atoms with Crippen molar-refractivity contribution in [1.29, 1.82) is 0 Å². The molecule has 0 saturated heterocycles. The van der Waals surface area contributed by atoms with Crippen LogP contribution >= 0.6 is 0 Å². The summed E-state index contributed by atoms with van der Waals surface area (Å²) in [6.45, 7) is 6.95. The molecule has 0 aromatic rings. The summed E-state index contributed by atoms with van der Waals surface area (Å²) in [7, 11) is 0. The van der Waals surface area contributed by atoms with Gasteiger partial charge in [-0.05, 0) is 0 Å². The van der Waals surface area contributed by atoms with Crippen LogP contribution in [-0.2, 0) is 0 Å². The molecule has 0 spiro atoms. The first kappa shape index (κ1) is 15.5. The number of hydrogen-bond donors (Lipinski definition) is 0. The zero-order chi connectivity index (χ0) is 11.9. The van der Waals surface area contributed by atoms with Crippen LogP contribution in [0.3, 0.4) is 0 Å². The average molecular weight is 317 g/mol. The third-order valence-corrected chi connectivity index (χ3v) is 10.3. The van der Waals surface area contributed by atoms with E-state index in [2.05, 4.69) is 35.6 Å². The van der Waals surface area contributed by atoms with Gasteiger partial charge in [0.15, 0.2) is 0 Å². The van der Waals surface area contributed by atoms with E-state index in [0.29, 0.717) is 0 Å². The molecule has 0 heterocycles. The maximum atomic E-state index is 2.56. The van der Waals surface area contributed by atoms with Crippen molar-refractivity contribution in [3.63, 3.8) is 0 Å². The fourth-order valence-electron chi connectivity index (χ4n) is 2.17. The minimum absolute atomic E-state index is 1.26. The summed E-state index contributed by atoms with van der Waals surface area (Å²) in [6.07, 6.45) is 8.28. The Morgan fingerprint density at radius 1 is 0.933 bits per heavy atom. The van der Waals surface area contributed by atoms with Crippen molar-refractivity contribution in [2.75, 3.05) is 0 Å². The van der Waals surface area contributed by atoms with E-state index in [9.17, 15) is 0 Å². The van der Waals surface area contributed by atoms with Gasteiger partial charge in [0.25, 0.3) is 0 Å². The molecule has 0 fully saturated rings. The molecule has 0 nitrogen and oxygen atoms in total. The Hall–Kier alpha value is 0.539. The second kappa shape index (κ2) is 7.75. The molecule has 0 radical (unpaired) electrons. The van der Waals surface area contributed by atoms with E-state index < -0.39 is 18.4 Å². The van der Waals surface area contributed by atoms with Gasteiger partial charge in [-0.3, -0.25) is 0 Å². The van der Waals surface area contributed by atoms with E-state index >= 15 is 0 Å². The summed E-state index contributed by atoms with van der Waals surface area (Å²) in [5, 5.41) is 0. The molecule has 90 valence electrons. The van der Waals surface area contributed by atoms with Gasteiger partial charge in [0, 0.05) is 0 Å². The second-order valence-electron chi connectivity index (χ2n) is 5.67. The summed E-state index contributed by atoms with van der Waals surface area (Å²) < 4.78 is 1.91. The van der Waals surface area contributed by atoms with Crippen LogP contribution in [0.15, 0.2) is 9.16 Å². The normalized spacial score (nSPS) is 14.0. The van der Waals surface area contributed by atoms with Gasteiger partial charge < -0.3 is 0 Å². The van der Waals surface area contributed by atoms with Crippen molar-refractivity contribution in [2.45, 2.75) is 74.1 Å². The standard InChI is InChI=1S/C11H21.3CH3.Sn/c1-4-6-7-8-9-10-11(3)5-2;;;;/h4-9H2,1-3H3;3*1H3;. The molecule has 0 saturated carbocycles. The monoisotopic (exact) mass is 318 g/mol. The van der Waals surface area contributed by atoms with E-state index in [-0.39, 0.29) is 0 Å². The first-order valence-corrected chi connectivity index (χ1v) is 16.6. The molecule has 0 N–H and O–H groups in total. The number of allylic oxidation sites excluding steroid dienone is 2. The van der Waals surface area contributed by atoms with Crippen LogP contribution in [0, 0.1) is 0 Å². The fraction of sp³-hybridized carbons (Fsp3) is 0.857. The quantitative estimate of drug-likeness (QED) is 0.426. The van der Waals surface area contributed by atoms with Gasteiger partial charge in [0.2, 0.25) is 0 Å². The summed E-state index contributed by atoms with van der Waals surface area (Å²) in [5.41, 5.74) is 1.70. The van der Waals surface area contributed by atoms with Crippen LogP contribution in [0.5, 0.6) is 0 Å². The van der Waals surface area contributed by atoms with Crippen molar-refractivity contribution in [3.8, 4) is 0 Å². The van der Waals surface area contributed by atoms with E-state index in [1.54, 1.807) is 5.57 Å². The first-order valence-electron chi connectivity index (χ1n) is 6.62. The Bertz CT molecular complexity index is 196. The molecule has 0 aliphatic rings. The summed E-state index contributed by atoms with van der Waals surface area (Å²) >= 11 is -1.78. The van der Waals surface area contributed by atoms with Crippen LogP contribution in [0.2, 0.25) is 14.8 Å². The topological polar surface area (TPSA) is 0 Å². The van der Waals surface area contributed by atoms with Gasteiger partial charge >= 0.3 is 102 Å². The van der Waals surface area contributed by atoms with Crippen LogP contribution in [-0.4, -0.2) is 18.4 Å². The third-order valence-electron chi connectivity index (χ3n) is 3.23. The van der Waals surface area contributed by atoms with Gasteiger partial charge in [-0.15, -0.1) is 0 Å². The summed E-state index contributed by atoms with van der Waals surface area (Å²) in [4.78, 5) is 7.68. The molecule has 0 amide bonds. The molecule has 0 aromatic heterocycles. The fourth-order valence-corrected chi connectivity index (χ4v) is 8.97. The predicted octanol–water partition coefficient (Wildman–Crippen LogP) is 5.56. The molecule has 0 aliphatic heterocycles.